The van der Waals surface area contributed by atoms with Crippen molar-refractivity contribution in [1.82, 2.24) is 4.57 Å². The molecular weight excluding hydrogens is 154 g/mol. The van der Waals surface area contributed by atoms with E-state index in [4.69, 9.17) is 11.5 Å². The van der Waals surface area contributed by atoms with Gasteiger partial charge in [-0.15, -0.1) is 0 Å². The summed E-state index contributed by atoms with van der Waals surface area (Å²) in [5.74, 6) is -0.372. The highest BCUT2D eigenvalue weighted by Gasteiger charge is 2.10. The zero-order chi connectivity index (χ0) is 9.14. The number of amides is 1. The van der Waals surface area contributed by atoms with E-state index in [-0.39, 0.29) is 18.4 Å². The lowest BCUT2D eigenvalue weighted by molar-refractivity contribution is -0.118. The van der Waals surface area contributed by atoms with Gasteiger partial charge in [0.2, 0.25) is 5.91 Å². The van der Waals surface area contributed by atoms with Gasteiger partial charge in [0.1, 0.15) is 0 Å². The van der Waals surface area contributed by atoms with Crippen LogP contribution in [0.5, 0.6) is 0 Å². The normalized spacial score (nSPS) is 12.8. The van der Waals surface area contributed by atoms with Gasteiger partial charge in [0.15, 0.2) is 0 Å². The quantitative estimate of drug-likeness (QED) is 0.659. The molecule has 0 bridgehead atoms. The Morgan fingerprint density at radius 2 is 2.42 bits per heavy atom. The molecule has 0 aromatic carbocycles. The number of hydrogen-bond donors (Lipinski definition) is 2. The van der Waals surface area contributed by atoms with Gasteiger partial charge in [-0.2, -0.15) is 0 Å². The lowest BCUT2D eigenvalue weighted by Gasteiger charge is -2.10. The summed E-state index contributed by atoms with van der Waals surface area (Å²) in [6.07, 6.45) is 2.08. The Kier molecular flexibility index (Phi) is 2.50. The van der Waals surface area contributed by atoms with Gasteiger partial charge in [0.05, 0.1) is 6.04 Å². The van der Waals surface area contributed by atoms with Crippen molar-refractivity contribution >= 4 is 5.91 Å². The highest BCUT2D eigenvalue weighted by atomic mass is 16.1. The molecule has 1 aromatic heterocycles. The standard InChI is InChI=1S/C8H13N3O/c1-11-4-2-3-7(11)6(9)5-8(10)12/h2-4,6H,5,9H2,1H3,(H2,10,12). The molecule has 0 aliphatic carbocycles. The van der Waals surface area contributed by atoms with Crippen LogP contribution in [0.1, 0.15) is 18.2 Å². The van der Waals surface area contributed by atoms with Crippen LogP contribution in [-0.4, -0.2) is 10.5 Å². The summed E-state index contributed by atoms with van der Waals surface area (Å²) in [6.45, 7) is 0. The fraction of sp³-hybridized carbons (Fsp3) is 0.375. The molecule has 1 amide bonds. The molecule has 0 radical (unpaired) electrons. The van der Waals surface area contributed by atoms with E-state index in [1.165, 1.54) is 0 Å². The van der Waals surface area contributed by atoms with Crippen molar-refractivity contribution in [3.05, 3.63) is 24.0 Å². The third kappa shape index (κ3) is 1.85. The first-order valence-corrected chi connectivity index (χ1v) is 3.76. The number of carbonyl (C=O) groups is 1. The van der Waals surface area contributed by atoms with E-state index in [1.807, 2.05) is 29.9 Å². The number of carbonyl (C=O) groups excluding carboxylic acids is 1. The molecular formula is C8H13N3O. The van der Waals surface area contributed by atoms with Crippen molar-refractivity contribution in [2.75, 3.05) is 0 Å². The first kappa shape index (κ1) is 8.80. The molecule has 0 aliphatic rings. The van der Waals surface area contributed by atoms with Gasteiger partial charge in [-0.1, -0.05) is 0 Å². The predicted molar refractivity (Wildman–Crippen MR) is 46.2 cm³/mol. The lowest BCUT2D eigenvalue weighted by Crippen LogP contribution is -2.22. The van der Waals surface area contributed by atoms with Crippen LogP contribution in [0.3, 0.4) is 0 Å². The van der Waals surface area contributed by atoms with Gasteiger partial charge >= 0.3 is 0 Å². The molecule has 4 N–H and O–H groups in total. The number of aryl methyl sites for hydroxylation is 1. The summed E-state index contributed by atoms with van der Waals surface area (Å²) >= 11 is 0. The third-order valence-corrected chi connectivity index (χ3v) is 1.78. The zero-order valence-electron chi connectivity index (χ0n) is 7.03. The minimum absolute atomic E-state index is 0.192. The van der Waals surface area contributed by atoms with E-state index in [0.29, 0.717) is 0 Å². The summed E-state index contributed by atoms with van der Waals surface area (Å²) in [4.78, 5) is 10.5. The molecule has 66 valence electrons. The summed E-state index contributed by atoms with van der Waals surface area (Å²) in [5.41, 5.74) is 11.7. The number of nitrogens with zero attached hydrogens (tertiary/aromatic N) is 1. The minimum atomic E-state index is -0.372. The maximum Gasteiger partial charge on any atom is 0.219 e. The molecule has 4 nitrogen and oxygen atoms in total. The van der Waals surface area contributed by atoms with Crippen molar-refractivity contribution in [3.8, 4) is 0 Å². The van der Waals surface area contributed by atoms with E-state index in [1.54, 1.807) is 0 Å². The van der Waals surface area contributed by atoms with E-state index >= 15 is 0 Å². The minimum Gasteiger partial charge on any atom is -0.370 e. The largest absolute Gasteiger partial charge is 0.370 e. The first-order valence-electron chi connectivity index (χ1n) is 3.76. The average Bonchev–Trinajstić information content (AvgIpc) is 2.33. The molecule has 1 unspecified atom stereocenters. The Balaban J connectivity index is 2.71. The van der Waals surface area contributed by atoms with Crippen LogP contribution in [0, 0.1) is 0 Å². The maximum absolute atomic E-state index is 10.5. The predicted octanol–water partition coefficient (Wildman–Crippen LogP) is -0.0997. The smallest absolute Gasteiger partial charge is 0.219 e. The first-order chi connectivity index (χ1) is 5.61. The fourth-order valence-electron chi connectivity index (χ4n) is 1.18. The van der Waals surface area contributed by atoms with Crippen LogP contribution < -0.4 is 11.5 Å². The third-order valence-electron chi connectivity index (χ3n) is 1.78. The Morgan fingerprint density at radius 3 is 2.83 bits per heavy atom. The number of nitrogens with two attached hydrogens (primary N) is 2. The monoisotopic (exact) mass is 167 g/mol. The number of primary amides is 1. The second-order valence-electron chi connectivity index (χ2n) is 2.82. The van der Waals surface area contributed by atoms with E-state index < -0.39 is 0 Å². The van der Waals surface area contributed by atoms with Crippen LogP contribution in [0.15, 0.2) is 18.3 Å². The molecule has 4 heteroatoms. The van der Waals surface area contributed by atoms with Crippen LogP contribution in [0.25, 0.3) is 0 Å². The fourth-order valence-corrected chi connectivity index (χ4v) is 1.18. The van der Waals surface area contributed by atoms with Crippen molar-refractivity contribution in [3.63, 3.8) is 0 Å². The van der Waals surface area contributed by atoms with Gasteiger partial charge in [-0.25, -0.2) is 0 Å². The van der Waals surface area contributed by atoms with E-state index in [9.17, 15) is 4.79 Å². The summed E-state index contributed by atoms with van der Waals surface area (Å²) < 4.78 is 1.88. The maximum atomic E-state index is 10.5. The van der Waals surface area contributed by atoms with Crippen molar-refractivity contribution < 1.29 is 4.79 Å². The molecule has 0 saturated heterocycles. The topological polar surface area (TPSA) is 74.0 Å². The van der Waals surface area contributed by atoms with E-state index in [0.717, 1.165) is 5.69 Å². The van der Waals surface area contributed by atoms with Crippen molar-refractivity contribution in [2.45, 2.75) is 12.5 Å². The molecule has 1 atom stereocenters. The number of rotatable bonds is 3. The molecule has 0 spiro atoms. The van der Waals surface area contributed by atoms with Gasteiger partial charge in [0.25, 0.3) is 0 Å². The Morgan fingerprint density at radius 1 is 1.75 bits per heavy atom. The molecule has 12 heavy (non-hydrogen) atoms. The van der Waals surface area contributed by atoms with Crippen LogP contribution in [0.4, 0.5) is 0 Å². The second kappa shape index (κ2) is 3.40. The lowest BCUT2D eigenvalue weighted by atomic mass is 10.1. The van der Waals surface area contributed by atoms with Crippen LogP contribution in [-0.2, 0) is 11.8 Å². The molecule has 0 fully saturated rings. The Hall–Kier alpha value is -1.29. The summed E-state index contributed by atoms with van der Waals surface area (Å²) in [6, 6.07) is 3.48. The van der Waals surface area contributed by atoms with Gasteiger partial charge in [-0.05, 0) is 12.1 Å². The average molecular weight is 167 g/mol. The Labute approximate surface area is 71.2 Å². The molecule has 1 aromatic rings. The SMILES string of the molecule is Cn1cccc1C(N)CC(N)=O. The molecule has 1 heterocycles. The van der Waals surface area contributed by atoms with Crippen molar-refractivity contribution in [2.24, 2.45) is 18.5 Å². The van der Waals surface area contributed by atoms with Gasteiger partial charge in [-0.3, -0.25) is 4.79 Å². The summed E-state index contributed by atoms with van der Waals surface area (Å²) in [5, 5.41) is 0. The number of aromatic nitrogens is 1. The second-order valence-corrected chi connectivity index (χ2v) is 2.82. The zero-order valence-corrected chi connectivity index (χ0v) is 7.03. The summed E-state index contributed by atoms with van der Waals surface area (Å²) in [7, 11) is 1.89. The Bertz CT molecular complexity index is 280. The van der Waals surface area contributed by atoms with E-state index in [2.05, 4.69) is 0 Å². The highest BCUT2D eigenvalue weighted by Crippen LogP contribution is 2.12. The molecule has 1 rings (SSSR count). The van der Waals surface area contributed by atoms with Gasteiger partial charge < -0.3 is 16.0 Å². The van der Waals surface area contributed by atoms with Crippen LogP contribution in [0.2, 0.25) is 0 Å². The van der Waals surface area contributed by atoms with Crippen LogP contribution >= 0.6 is 0 Å². The van der Waals surface area contributed by atoms with Gasteiger partial charge in [0, 0.05) is 25.4 Å². The molecule has 0 aliphatic heterocycles. The van der Waals surface area contributed by atoms with Crippen molar-refractivity contribution in [1.29, 1.82) is 0 Å². The number of hydrogen-bond acceptors (Lipinski definition) is 2. The molecule has 0 saturated carbocycles. The highest BCUT2D eigenvalue weighted by molar-refractivity contribution is 5.74.